The van der Waals surface area contributed by atoms with Crippen LogP contribution in [0.5, 0.6) is 0 Å². The Morgan fingerprint density at radius 1 is 1.53 bits per heavy atom. The van der Waals surface area contributed by atoms with Crippen LogP contribution in [-0.2, 0) is 14.8 Å². The summed E-state index contributed by atoms with van der Waals surface area (Å²) in [5.74, 6) is 0. The van der Waals surface area contributed by atoms with Crippen LogP contribution in [0.2, 0.25) is 5.02 Å². The van der Waals surface area contributed by atoms with Crippen molar-refractivity contribution in [1.82, 2.24) is 4.31 Å². The van der Waals surface area contributed by atoms with E-state index in [4.69, 9.17) is 22.1 Å². The van der Waals surface area contributed by atoms with Crippen LogP contribution in [0.15, 0.2) is 23.1 Å². The molecule has 1 rings (SSSR count). The zero-order chi connectivity index (χ0) is 14.6. The Hall–Kier alpha value is -0.860. The highest BCUT2D eigenvalue weighted by Gasteiger charge is 2.25. The monoisotopic (exact) mass is 308 g/mol. The lowest BCUT2D eigenvalue weighted by molar-refractivity contribution is 0.0554. The first-order valence-electron chi connectivity index (χ1n) is 5.47. The molecule has 6 nitrogen and oxygen atoms in total. The van der Waals surface area contributed by atoms with Crippen molar-refractivity contribution in [2.45, 2.75) is 11.0 Å². The van der Waals surface area contributed by atoms with Crippen LogP contribution in [0.4, 0.5) is 5.69 Å². The third-order valence-electron chi connectivity index (χ3n) is 2.47. The highest BCUT2D eigenvalue weighted by Crippen LogP contribution is 2.26. The number of benzene rings is 1. The standard InChI is InChI=1S/C11H17ClN2O4S/c1-14(6-9(15)7-18-2)19(16,17)11-4-3-8(13)5-10(11)12/h3-5,9,15H,6-7,13H2,1-2H3. The first-order chi connectivity index (χ1) is 8.78. The summed E-state index contributed by atoms with van der Waals surface area (Å²) >= 11 is 5.88. The van der Waals surface area contributed by atoms with Crippen molar-refractivity contribution in [1.29, 1.82) is 0 Å². The maximum absolute atomic E-state index is 12.3. The van der Waals surface area contributed by atoms with Crippen LogP contribution in [0.25, 0.3) is 0 Å². The van der Waals surface area contributed by atoms with Crippen LogP contribution < -0.4 is 5.73 Å². The summed E-state index contributed by atoms with van der Waals surface area (Å²) in [5.41, 5.74) is 5.90. The van der Waals surface area contributed by atoms with E-state index in [1.165, 1.54) is 32.4 Å². The fourth-order valence-electron chi connectivity index (χ4n) is 1.53. The smallest absolute Gasteiger partial charge is 0.244 e. The number of anilines is 1. The number of sulfonamides is 1. The second kappa shape index (κ2) is 6.53. The average molecular weight is 309 g/mol. The van der Waals surface area contributed by atoms with Crippen LogP contribution in [0.1, 0.15) is 0 Å². The molecule has 0 aliphatic heterocycles. The molecule has 0 radical (unpaired) electrons. The topological polar surface area (TPSA) is 92.9 Å². The quantitative estimate of drug-likeness (QED) is 0.749. The highest BCUT2D eigenvalue weighted by atomic mass is 35.5. The Morgan fingerprint density at radius 3 is 2.68 bits per heavy atom. The molecule has 1 aromatic carbocycles. The number of likely N-dealkylation sites (N-methyl/N-ethyl adjacent to an activating group) is 1. The van der Waals surface area contributed by atoms with E-state index in [1.54, 1.807) is 0 Å². The van der Waals surface area contributed by atoms with Crippen LogP contribution in [-0.4, -0.2) is 51.2 Å². The number of nitrogens with two attached hydrogens (primary N) is 1. The number of rotatable bonds is 6. The van der Waals surface area contributed by atoms with E-state index in [1.807, 2.05) is 0 Å². The predicted molar refractivity (Wildman–Crippen MR) is 73.6 cm³/mol. The van der Waals surface area contributed by atoms with Gasteiger partial charge in [0.1, 0.15) is 4.90 Å². The van der Waals surface area contributed by atoms with Gasteiger partial charge in [-0.1, -0.05) is 11.6 Å². The van der Waals surface area contributed by atoms with Crippen LogP contribution in [0.3, 0.4) is 0 Å². The van der Waals surface area contributed by atoms with Gasteiger partial charge in [-0.05, 0) is 18.2 Å². The normalized spacial score (nSPS) is 13.7. The summed E-state index contributed by atoms with van der Waals surface area (Å²) in [4.78, 5) is -0.0458. The average Bonchev–Trinajstić information content (AvgIpc) is 2.28. The fourth-order valence-corrected chi connectivity index (χ4v) is 3.27. The number of aliphatic hydroxyl groups excluding tert-OH is 1. The molecule has 1 aromatic rings. The van der Waals surface area contributed by atoms with Gasteiger partial charge < -0.3 is 15.6 Å². The molecule has 19 heavy (non-hydrogen) atoms. The first-order valence-corrected chi connectivity index (χ1v) is 7.29. The number of aliphatic hydroxyl groups is 1. The summed E-state index contributed by atoms with van der Waals surface area (Å²) in [6.07, 6.45) is -0.905. The second-order valence-corrected chi connectivity index (χ2v) is 6.51. The Morgan fingerprint density at radius 2 is 2.16 bits per heavy atom. The van der Waals surface area contributed by atoms with Gasteiger partial charge in [-0.3, -0.25) is 0 Å². The number of hydrogen-bond donors (Lipinski definition) is 2. The molecule has 0 saturated heterocycles. The van der Waals surface area contributed by atoms with Gasteiger partial charge in [0.05, 0.1) is 17.7 Å². The number of halogens is 1. The minimum absolute atomic E-state index is 0.0458. The van der Waals surface area contributed by atoms with Crippen molar-refractivity contribution < 1.29 is 18.3 Å². The van der Waals surface area contributed by atoms with E-state index in [2.05, 4.69) is 0 Å². The van der Waals surface area contributed by atoms with Crippen molar-refractivity contribution in [3.8, 4) is 0 Å². The lowest BCUT2D eigenvalue weighted by Crippen LogP contribution is -2.36. The zero-order valence-corrected chi connectivity index (χ0v) is 12.3. The Balaban J connectivity index is 2.97. The van der Waals surface area contributed by atoms with Crippen molar-refractivity contribution in [3.05, 3.63) is 23.2 Å². The number of hydrogen-bond acceptors (Lipinski definition) is 5. The van der Waals surface area contributed by atoms with Gasteiger partial charge in [0.25, 0.3) is 0 Å². The maximum atomic E-state index is 12.3. The maximum Gasteiger partial charge on any atom is 0.244 e. The summed E-state index contributed by atoms with van der Waals surface area (Å²) in [5, 5.41) is 9.61. The molecule has 0 amide bonds. The Kier molecular flexibility index (Phi) is 5.57. The van der Waals surface area contributed by atoms with E-state index in [9.17, 15) is 13.5 Å². The number of methoxy groups -OCH3 is 1. The van der Waals surface area contributed by atoms with Crippen molar-refractivity contribution in [2.24, 2.45) is 0 Å². The number of ether oxygens (including phenoxy) is 1. The molecule has 1 unspecified atom stereocenters. The molecule has 1 atom stereocenters. The summed E-state index contributed by atoms with van der Waals surface area (Å²) < 4.78 is 30.3. The van der Waals surface area contributed by atoms with Gasteiger partial charge in [-0.25, -0.2) is 8.42 Å². The summed E-state index contributed by atoms with van der Waals surface area (Å²) in [7, 11) is -0.982. The molecule has 108 valence electrons. The van der Waals surface area contributed by atoms with Gasteiger partial charge in [0.2, 0.25) is 10.0 Å². The second-order valence-electron chi connectivity index (χ2n) is 4.08. The van der Waals surface area contributed by atoms with Gasteiger partial charge in [-0.15, -0.1) is 0 Å². The van der Waals surface area contributed by atoms with Crippen LogP contribution in [0, 0.1) is 0 Å². The third-order valence-corrected chi connectivity index (χ3v) is 4.78. The van der Waals surface area contributed by atoms with Gasteiger partial charge >= 0.3 is 0 Å². The SMILES string of the molecule is COCC(O)CN(C)S(=O)(=O)c1ccc(N)cc1Cl. The Bertz CT molecular complexity index is 535. The van der Waals surface area contributed by atoms with E-state index in [0.717, 1.165) is 4.31 Å². The van der Waals surface area contributed by atoms with Crippen LogP contribution >= 0.6 is 11.6 Å². The molecule has 8 heteroatoms. The Labute approximate surface area is 117 Å². The zero-order valence-electron chi connectivity index (χ0n) is 10.7. The molecular weight excluding hydrogens is 292 g/mol. The van der Waals surface area contributed by atoms with E-state index in [-0.39, 0.29) is 23.1 Å². The molecule has 0 heterocycles. The summed E-state index contributed by atoms with van der Waals surface area (Å²) in [6.45, 7) is -0.0355. The minimum atomic E-state index is -3.77. The van der Waals surface area contributed by atoms with Gasteiger partial charge in [0.15, 0.2) is 0 Å². The molecule has 0 fully saturated rings. The molecule has 0 aromatic heterocycles. The third kappa shape index (κ3) is 4.05. The molecular formula is C11H17ClN2O4S. The number of nitrogens with zero attached hydrogens (tertiary/aromatic N) is 1. The van der Waals surface area contributed by atoms with Gasteiger partial charge in [0, 0.05) is 26.4 Å². The molecule has 0 bridgehead atoms. The molecule has 0 spiro atoms. The summed E-state index contributed by atoms with van der Waals surface area (Å²) in [6, 6.07) is 4.16. The lowest BCUT2D eigenvalue weighted by Gasteiger charge is -2.20. The largest absolute Gasteiger partial charge is 0.399 e. The van der Waals surface area contributed by atoms with Crippen molar-refractivity contribution in [2.75, 3.05) is 33.0 Å². The van der Waals surface area contributed by atoms with Gasteiger partial charge in [-0.2, -0.15) is 4.31 Å². The minimum Gasteiger partial charge on any atom is -0.399 e. The molecule has 0 saturated carbocycles. The highest BCUT2D eigenvalue weighted by molar-refractivity contribution is 7.89. The molecule has 3 N–H and O–H groups in total. The van der Waals surface area contributed by atoms with E-state index in [0.29, 0.717) is 5.69 Å². The fraction of sp³-hybridized carbons (Fsp3) is 0.455. The predicted octanol–water partition coefficient (Wildman–Crippen LogP) is 0.550. The molecule has 0 aliphatic rings. The van der Waals surface area contributed by atoms with E-state index < -0.39 is 16.1 Å². The van der Waals surface area contributed by atoms with E-state index >= 15 is 0 Å². The lowest BCUT2D eigenvalue weighted by atomic mass is 10.3. The first kappa shape index (κ1) is 16.2. The molecule has 0 aliphatic carbocycles. The number of nitrogen functional groups attached to an aromatic ring is 1. The van der Waals surface area contributed by atoms with Crippen molar-refractivity contribution in [3.63, 3.8) is 0 Å². The van der Waals surface area contributed by atoms with Crippen molar-refractivity contribution >= 4 is 27.3 Å².